The summed E-state index contributed by atoms with van der Waals surface area (Å²) in [6, 6.07) is -0.0327. The third-order valence-corrected chi connectivity index (χ3v) is 2.30. The summed E-state index contributed by atoms with van der Waals surface area (Å²) in [6.45, 7) is 0. The standard InChI is InChI=1S/C9H8ClF3N2O2/c10-3-1-4(7(15)8(16)17)6(14)5(2-3)9(11,12)13/h1-2,7H,14-15H2,(H,16,17)/t7-/m0/s1. The summed E-state index contributed by atoms with van der Waals surface area (Å²) in [7, 11) is 0. The van der Waals surface area contributed by atoms with Crippen LogP contribution in [0.1, 0.15) is 17.2 Å². The smallest absolute Gasteiger partial charge is 0.418 e. The van der Waals surface area contributed by atoms with Gasteiger partial charge < -0.3 is 16.6 Å². The lowest BCUT2D eigenvalue weighted by atomic mass is 10.0. The van der Waals surface area contributed by atoms with Crippen molar-refractivity contribution in [3.8, 4) is 0 Å². The Hall–Kier alpha value is -1.47. The van der Waals surface area contributed by atoms with Crippen LogP contribution < -0.4 is 11.5 Å². The fourth-order valence-corrected chi connectivity index (χ4v) is 1.49. The first-order valence-electron chi connectivity index (χ1n) is 4.29. The molecule has 0 bridgehead atoms. The molecule has 0 aromatic heterocycles. The van der Waals surface area contributed by atoms with Crippen LogP contribution in [0.3, 0.4) is 0 Å². The molecule has 0 saturated heterocycles. The number of hydrogen-bond donors (Lipinski definition) is 3. The van der Waals surface area contributed by atoms with Crippen molar-refractivity contribution >= 4 is 23.3 Å². The Morgan fingerprint density at radius 1 is 1.41 bits per heavy atom. The zero-order valence-electron chi connectivity index (χ0n) is 8.25. The van der Waals surface area contributed by atoms with E-state index in [9.17, 15) is 18.0 Å². The van der Waals surface area contributed by atoms with Crippen LogP contribution >= 0.6 is 11.6 Å². The average molecular weight is 269 g/mol. The van der Waals surface area contributed by atoms with Gasteiger partial charge in [0, 0.05) is 16.3 Å². The molecule has 1 aromatic carbocycles. The number of carboxylic acid groups (broad SMARTS) is 1. The summed E-state index contributed by atoms with van der Waals surface area (Å²) >= 11 is 5.47. The fraction of sp³-hybridized carbons (Fsp3) is 0.222. The third-order valence-electron chi connectivity index (χ3n) is 2.08. The number of anilines is 1. The highest BCUT2D eigenvalue weighted by molar-refractivity contribution is 6.30. The number of nitrogens with two attached hydrogens (primary N) is 2. The van der Waals surface area contributed by atoms with Crippen LogP contribution in [0.4, 0.5) is 18.9 Å². The van der Waals surface area contributed by atoms with Crippen LogP contribution in [-0.2, 0) is 11.0 Å². The normalized spacial score (nSPS) is 13.5. The van der Waals surface area contributed by atoms with Crippen molar-refractivity contribution in [2.24, 2.45) is 5.73 Å². The average Bonchev–Trinajstić information content (AvgIpc) is 2.18. The van der Waals surface area contributed by atoms with E-state index in [-0.39, 0.29) is 10.6 Å². The zero-order valence-corrected chi connectivity index (χ0v) is 9.01. The molecule has 1 aromatic rings. The quantitative estimate of drug-likeness (QED) is 0.716. The summed E-state index contributed by atoms with van der Waals surface area (Å²) < 4.78 is 37.6. The van der Waals surface area contributed by atoms with Crippen LogP contribution in [0.15, 0.2) is 12.1 Å². The molecule has 0 aliphatic heterocycles. The van der Waals surface area contributed by atoms with Gasteiger partial charge in [0.2, 0.25) is 0 Å². The number of carbonyl (C=O) groups is 1. The van der Waals surface area contributed by atoms with Gasteiger partial charge in [-0.25, -0.2) is 0 Å². The largest absolute Gasteiger partial charge is 0.480 e. The van der Waals surface area contributed by atoms with Crippen molar-refractivity contribution in [1.82, 2.24) is 0 Å². The van der Waals surface area contributed by atoms with Gasteiger partial charge in [0.1, 0.15) is 6.04 Å². The molecule has 4 nitrogen and oxygen atoms in total. The lowest BCUT2D eigenvalue weighted by molar-refractivity contribution is -0.139. The van der Waals surface area contributed by atoms with Crippen molar-refractivity contribution in [2.75, 3.05) is 5.73 Å². The highest BCUT2D eigenvalue weighted by atomic mass is 35.5. The Morgan fingerprint density at radius 3 is 2.35 bits per heavy atom. The second-order valence-corrected chi connectivity index (χ2v) is 3.71. The number of hydrogen-bond acceptors (Lipinski definition) is 3. The SMILES string of the molecule is Nc1c([C@H](N)C(=O)O)cc(Cl)cc1C(F)(F)F. The van der Waals surface area contributed by atoms with E-state index in [1.54, 1.807) is 0 Å². The minimum absolute atomic E-state index is 0.279. The van der Waals surface area contributed by atoms with E-state index in [0.717, 1.165) is 6.07 Å². The van der Waals surface area contributed by atoms with Gasteiger partial charge in [-0.1, -0.05) is 11.6 Å². The molecule has 17 heavy (non-hydrogen) atoms. The monoisotopic (exact) mass is 268 g/mol. The number of nitrogen functional groups attached to an aromatic ring is 1. The molecule has 0 saturated carbocycles. The highest BCUT2D eigenvalue weighted by Gasteiger charge is 2.35. The number of halogens is 4. The molecule has 0 amide bonds. The Morgan fingerprint density at radius 2 is 1.94 bits per heavy atom. The number of alkyl halides is 3. The number of aliphatic carboxylic acids is 1. The number of rotatable bonds is 2. The van der Waals surface area contributed by atoms with Crippen molar-refractivity contribution in [1.29, 1.82) is 0 Å². The molecule has 0 heterocycles. The molecule has 94 valence electrons. The van der Waals surface area contributed by atoms with E-state index in [2.05, 4.69) is 0 Å². The maximum absolute atomic E-state index is 12.5. The summed E-state index contributed by atoms with van der Waals surface area (Å²) in [5, 5.41) is 8.36. The predicted octanol–water partition coefficient (Wildman–Crippen LogP) is 2.03. The Bertz CT molecular complexity index is 462. The van der Waals surface area contributed by atoms with E-state index in [1.807, 2.05) is 0 Å². The third kappa shape index (κ3) is 2.80. The summed E-state index contributed by atoms with van der Waals surface area (Å²) in [5.74, 6) is -1.49. The van der Waals surface area contributed by atoms with Gasteiger partial charge in [-0.15, -0.1) is 0 Å². The zero-order chi connectivity index (χ0) is 13.4. The first-order valence-corrected chi connectivity index (χ1v) is 4.67. The summed E-state index contributed by atoms with van der Waals surface area (Å²) in [4.78, 5) is 10.6. The topological polar surface area (TPSA) is 89.3 Å². The molecule has 0 aliphatic carbocycles. The molecular weight excluding hydrogens is 261 g/mol. The van der Waals surface area contributed by atoms with Crippen molar-refractivity contribution in [3.05, 3.63) is 28.3 Å². The minimum Gasteiger partial charge on any atom is -0.480 e. The van der Waals surface area contributed by atoms with E-state index < -0.39 is 29.4 Å². The van der Waals surface area contributed by atoms with Crippen molar-refractivity contribution < 1.29 is 23.1 Å². The number of benzene rings is 1. The van der Waals surface area contributed by atoms with Gasteiger partial charge >= 0.3 is 12.1 Å². The van der Waals surface area contributed by atoms with Crippen LogP contribution in [0.25, 0.3) is 0 Å². The van der Waals surface area contributed by atoms with Crippen molar-refractivity contribution in [2.45, 2.75) is 12.2 Å². The Labute approximate surface area is 99.0 Å². The van der Waals surface area contributed by atoms with Crippen molar-refractivity contribution in [3.63, 3.8) is 0 Å². The molecule has 0 spiro atoms. The molecular formula is C9H8ClF3N2O2. The van der Waals surface area contributed by atoms with Gasteiger partial charge in [-0.2, -0.15) is 13.2 Å². The Balaban J connectivity index is 3.44. The second-order valence-electron chi connectivity index (χ2n) is 3.27. The summed E-state index contributed by atoms with van der Waals surface area (Å²) in [6.07, 6.45) is -4.72. The van der Waals surface area contributed by atoms with E-state index in [1.165, 1.54) is 0 Å². The van der Waals surface area contributed by atoms with E-state index in [4.69, 9.17) is 28.2 Å². The lowest BCUT2D eigenvalue weighted by Gasteiger charge is -2.16. The molecule has 0 radical (unpaired) electrons. The lowest BCUT2D eigenvalue weighted by Crippen LogP contribution is -2.23. The summed E-state index contributed by atoms with van der Waals surface area (Å²) in [5.41, 5.74) is 8.18. The first-order chi connectivity index (χ1) is 7.64. The minimum atomic E-state index is -4.72. The Kier molecular flexibility index (Phi) is 3.53. The van der Waals surface area contributed by atoms with Crippen LogP contribution in [0.5, 0.6) is 0 Å². The molecule has 1 atom stereocenters. The van der Waals surface area contributed by atoms with Crippen LogP contribution in [0.2, 0.25) is 5.02 Å². The maximum atomic E-state index is 12.5. The van der Waals surface area contributed by atoms with Gasteiger partial charge in [-0.3, -0.25) is 4.79 Å². The van der Waals surface area contributed by atoms with Gasteiger partial charge in [-0.05, 0) is 12.1 Å². The molecule has 5 N–H and O–H groups in total. The predicted molar refractivity (Wildman–Crippen MR) is 55.4 cm³/mol. The second kappa shape index (κ2) is 4.42. The van der Waals surface area contributed by atoms with E-state index in [0.29, 0.717) is 6.07 Å². The number of carboxylic acids is 1. The first kappa shape index (κ1) is 13.6. The van der Waals surface area contributed by atoms with Gasteiger partial charge in [0.05, 0.1) is 5.56 Å². The highest BCUT2D eigenvalue weighted by Crippen LogP contribution is 2.38. The molecule has 8 heteroatoms. The van der Waals surface area contributed by atoms with Crippen LogP contribution in [0, 0.1) is 0 Å². The fourth-order valence-electron chi connectivity index (χ4n) is 1.26. The molecule has 0 fully saturated rings. The molecule has 0 unspecified atom stereocenters. The molecule has 0 aliphatic rings. The van der Waals surface area contributed by atoms with E-state index >= 15 is 0 Å². The maximum Gasteiger partial charge on any atom is 0.418 e. The van der Waals surface area contributed by atoms with Crippen LogP contribution in [-0.4, -0.2) is 11.1 Å². The van der Waals surface area contributed by atoms with Gasteiger partial charge in [0.25, 0.3) is 0 Å². The molecule has 1 rings (SSSR count). The van der Waals surface area contributed by atoms with Gasteiger partial charge in [0.15, 0.2) is 0 Å².